The number of methoxy groups -OCH3 is 4. The highest BCUT2D eigenvalue weighted by atomic mass is 19.1. The molecule has 0 spiro atoms. The third kappa shape index (κ3) is 9.96. The number of likely N-dealkylation sites (tertiary alicyclic amines) is 2. The van der Waals surface area contributed by atoms with Crippen LogP contribution < -0.4 is 36.5 Å². The minimum Gasteiger partial charge on any atom is -0.496 e. The number of hydrogen-bond donors (Lipinski definition) is 4. The van der Waals surface area contributed by atoms with Gasteiger partial charge in [-0.3, -0.25) is 19.2 Å². The maximum atomic E-state index is 14.5. The first kappa shape index (κ1) is 50.4. The zero-order valence-corrected chi connectivity index (χ0v) is 39.5. The number of hydrogen-bond acceptors (Lipinski definition) is 11. The number of carbonyl (C=O) groups excluding carboxylic acids is 6. The number of nitrogens with zero attached hydrogens (tertiary/aromatic N) is 3. The molecule has 4 atom stereocenters. The lowest BCUT2D eigenvalue weighted by Gasteiger charge is -2.41. The molecule has 0 saturated carbocycles. The van der Waals surface area contributed by atoms with Gasteiger partial charge >= 0.3 is 12.2 Å². The van der Waals surface area contributed by atoms with Crippen LogP contribution >= 0.6 is 0 Å². The van der Waals surface area contributed by atoms with Crippen LogP contribution in [0.15, 0.2) is 60.7 Å². The molecule has 6 N–H and O–H groups in total. The van der Waals surface area contributed by atoms with Crippen LogP contribution in [-0.4, -0.2) is 99.2 Å². The number of rotatable bonds is 15. The molecule has 2 fully saturated rings. The van der Waals surface area contributed by atoms with E-state index in [1.54, 1.807) is 77.9 Å². The van der Waals surface area contributed by atoms with Gasteiger partial charge in [-0.15, -0.1) is 0 Å². The van der Waals surface area contributed by atoms with Gasteiger partial charge in [-0.1, -0.05) is 53.7 Å². The lowest BCUT2D eigenvalue weighted by molar-refractivity contribution is -0.147. The average molecular weight is 918 g/mol. The molecular formula is C48H64FN7O10. The van der Waals surface area contributed by atoms with Gasteiger partial charge in [0.1, 0.15) is 29.4 Å². The van der Waals surface area contributed by atoms with Gasteiger partial charge in [-0.05, 0) is 96.2 Å². The first-order valence-electron chi connectivity index (χ1n) is 21.8. The number of nitrogens with two attached hydrogens (primary N) is 2. The van der Waals surface area contributed by atoms with Crippen molar-refractivity contribution in [1.82, 2.24) is 20.4 Å². The third-order valence-corrected chi connectivity index (χ3v) is 12.6. The fourth-order valence-corrected chi connectivity index (χ4v) is 9.22. The highest BCUT2D eigenvalue weighted by Gasteiger charge is 2.55. The van der Waals surface area contributed by atoms with Gasteiger partial charge in [0, 0.05) is 43.0 Å². The summed E-state index contributed by atoms with van der Waals surface area (Å²) >= 11 is 0. The molecule has 0 radical (unpaired) electrons. The molecule has 2 saturated heterocycles. The van der Waals surface area contributed by atoms with E-state index in [0.29, 0.717) is 52.3 Å². The van der Waals surface area contributed by atoms with E-state index in [9.17, 15) is 33.2 Å². The average Bonchev–Trinajstić information content (AvgIpc) is 3.93. The summed E-state index contributed by atoms with van der Waals surface area (Å²) in [4.78, 5) is 86.6. The van der Waals surface area contributed by atoms with E-state index in [1.807, 2.05) is 17.0 Å². The van der Waals surface area contributed by atoms with E-state index in [-0.39, 0.29) is 39.0 Å². The van der Waals surface area contributed by atoms with Crippen molar-refractivity contribution in [3.8, 4) is 11.5 Å². The van der Waals surface area contributed by atoms with Crippen molar-refractivity contribution in [2.45, 2.75) is 103 Å². The van der Waals surface area contributed by atoms with Crippen LogP contribution in [0.2, 0.25) is 0 Å². The smallest absolute Gasteiger partial charge is 0.407 e. The Morgan fingerprint density at radius 3 is 1.35 bits per heavy atom. The van der Waals surface area contributed by atoms with E-state index in [4.69, 9.17) is 30.4 Å². The molecule has 5 rings (SSSR count). The predicted octanol–water partition coefficient (Wildman–Crippen LogP) is 5.20. The molecule has 3 aromatic rings. The fourth-order valence-electron chi connectivity index (χ4n) is 9.22. The SMILES string of the molecule is COC(=O)N[C@H](C(=O)N1CCC[C@@]1(C(N)=O)c1cc(CN(Cc2ccc(OC)c([C@]3(C(N)=O)CCCN3C(=O)[C@@H](NC(=O)OC)C(C)(C)C)c2)c2ccc(F)cc2)ccc1OC)C(C)(C)C. The molecule has 2 aliphatic heterocycles. The normalized spacial score (nSPS) is 19.3. The highest BCUT2D eigenvalue weighted by molar-refractivity contribution is 5.97. The number of nitrogens with one attached hydrogen (secondary N) is 2. The molecular weight excluding hydrogens is 854 g/mol. The minimum absolute atomic E-state index is 0.166. The lowest BCUT2D eigenvalue weighted by atomic mass is 9.81. The Balaban J connectivity index is 1.61. The number of alkyl carbamates (subject to hydrolysis) is 2. The van der Waals surface area contributed by atoms with Crippen LogP contribution in [-0.2, 0) is 52.8 Å². The highest BCUT2D eigenvalue weighted by Crippen LogP contribution is 2.46. The maximum absolute atomic E-state index is 14.5. The lowest BCUT2D eigenvalue weighted by Crippen LogP contribution is -2.61. The number of carbonyl (C=O) groups is 6. The van der Waals surface area contributed by atoms with Crippen LogP contribution in [0.1, 0.15) is 89.5 Å². The summed E-state index contributed by atoms with van der Waals surface area (Å²) in [6.45, 7) is 11.4. The van der Waals surface area contributed by atoms with Crippen molar-refractivity contribution >= 4 is 41.5 Å². The second kappa shape index (κ2) is 19.9. The summed E-state index contributed by atoms with van der Waals surface area (Å²) in [6, 6.07) is 14.3. The van der Waals surface area contributed by atoms with Crippen molar-refractivity contribution in [1.29, 1.82) is 0 Å². The molecule has 2 aliphatic rings. The molecule has 358 valence electrons. The van der Waals surface area contributed by atoms with Crippen molar-refractivity contribution in [2.24, 2.45) is 22.3 Å². The number of primary amides is 2. The Bertz CT molecular complexity index is 2180. The Morgan fingerprint density at radius 1 is 0.652 bits per heavy atom. The maximum Gasteiger partial charge on any atom is 0.407 e. The van der Waals surface area contributed by atoms with Gasteiger partial charge < -0.3 is 55.7 Å². The summed E-state index contributed by atoms with van der Waals surface area (Å²) in [5.74, 6) is -2.45. The van der Waals surface area contributed by atoms with Crippen molar-refractivity contribution in [3.63, 3.8) is 0 Å². The van der Waals surface area contributed by atoms with Gasteiger partial charge in [0.05, 0.1) is 28.4 Å². The number of ether oxygens (including phenoxy) is 4. The van der Waals surface area contributed by atoms with Crippen LogP contribution in [0, 0.1) is 16.6 Å². The first-order chi connectivity index (χ1) is 31.0. The van der Waals surface area contributed by atoms with E-state index < -0.39 is 75.6 Å². The molecule has 0 unspecified atom stereocenters. The number of benzene rings is 3. The first-order valence-corrected chi connectivity index (χ1v) is 21.8. The molecule has 2 heterocycles. The van der Waals surface area contributed by atoms with Gasteiger partial charge in [0.15, 0.2) is 11.1 Å². The van der Waals surface area contributed by atoms with Gasteiger partial charge in [-0.2, -0.15) is 0 Å². The van der Waals surface area contributed by atoms with E-state index in [1.165, 1.54) is 50.4 Å². The van der Waals surface area contributed by atoms with Gasteiger partial charge in [0.25, 0.3) is 0 Å². The van der Waals surface area contributed by atoms with Gasteiger partial charge in [-0.25, -0.2) is 14.0 Å². The quantitative estimate of drug-likeness (QED) is 0.155. The Morgan fingerprint density at radius 2 is 1.03 bits per heavy atom. The third-order valence-electron chi connectivity index (χ3n) is 12.6. The second-order valence-corrected chi connectivity index (χ2v) is 18.9. The number of halogens is 1. The van der Waals surface area contributed by atoms with Crippen LogP contribution in [0.5, 0.6) is 11.5 Å². The summed E-state index contributed by atoms with van der Waals surface area (Å²) in [5, 5.41) is 5.29. The van der Waals surface area contributed by atoms with Crippen molar-refractivity contribution in [3.05, 3.63) is 88.7 Å². The fraction of sp³-hybridized carbons (Fsp3) is 0.500. The summed E-state index contributed by atoms with van der Waals surface area (Å²) in [7, 11) is 5.30. The summed E-state index contributed by atoms with van der Waals surface area (Å²) < 4.78 is 35.8. The van der Waals surface area contributed by atoms with Crippen LogP contribution in [0.4, 0.5) is 19.7 Å². The summed E-state index contributed by atoms with van der Waals surface area (Å²) in [6.07, 6.45) is -0.416. The predicted molar refractivity (Wildman–Crippen MR) is 243 cm³/mol. The molecule has 3 aromatic carbocycles. The molecule has 6 amide bonds. The van der Waals surface area contributed by atoms with Crippen LogP contribution in [0.3, 0.4) is 0 Å². The van der Waals surface area contributed by atoms with E-state index in [2.05, 4.69) is 10.6 Å². The number of amides is 6. The zero-order valence-electron chi connectivity index (χ0n) is 39.5. The standard InChI is InChI=1S/C48H64FN7O10/c1-45(2,3)37(52-43(61)65-9)39(57)55-23-11-21-47(55,41(50)59)33-25-29(13-19-35(33)63-7)27-54(32-17-15-31(49)16-18-32)28-30-14-20-36(64-8)34(26-30)48(42(51)60)22-12-24-56(48)40(58)38(46(4,5)6)53-44(62)66-10/h13-20,25-26,37-38H,11-12,21-24,27-28H2,1-10H3,(H2,50,59)(H2,51,60)(H,52,61)(H,53,62)/t37-,38-,47+,48+/m1/s1. The number of anilines is 1. The van der Waals surface area contributed by atoms with Crippen LogP contribution in [0.25, 0.3) is 0 Å². The van der Waals surface area contributed by atoms with E-state index >= 15 is 0 Å². The minimum atomic E-state index is -1.67. The summed E-state index contributed by atoms with van der Waals surface area (Å²) in [5.41, 5.74) is 10.3. The zero-order chi connectivity index (χ0) is 48.9. The molecule has 66 heavy (non-hydrogen) atoms. The van der Waals surface area contributed by atoms with E-state index in [0.717, 1.165) is 0 Å². The molecule has 18 heteroatoms. The Kier molecular flexibility index (Phi) is 15.2. The molecule has 17 nitrogen and oxygen atoms in total. The molecule has 0 bridgehead atoms. The Hall–Kier alpha value is -6.59. The topological polar surface area (TPSA) is 225 Å². The molecule has 0 aliphatic carbocycles. The molecule has 0 aromatic heterocycles. The monoisotopic (exact) mass is 917 g/mol. The van der Waals surface area contributed by atoms with Crippen molar-refractivity contribution < 1.29 is 52.1 Å². The van der Waals surface area contributed by atoms with Gasteiger partial charge in [0.2, 0.25) is 23.6 Å². The second-order valence-electron chi connectivity index (χ2n) is 18.9. The Labute approximate surface area is 385 Å². The van der Waals surface area contributed by atoms with Crippen molar-refractivity contribution in [2.75, 3.05) is 46.4 Å². The largest absolute Gasteiger partial charge is 0.496 e.